The molecule has 2 heterocycles. The van der Waals surface area contributed by atoms with Gasteiger partial charge in [0.2, 0.25) is 0 Å². The highest BCUT2D eigenvalue weighted by Gasteiger charge is 2.41. The van der Waals surface area contributed by atoms with Crippen molar-refractivity contribution in [2.75, 3.05) is 7.11 Å². The minimum absolute atomic E-state index is 0.149. The molecule has 0 atom stereocenters. The first-order chi connectivity index (χ1) is 18.4. The first-order valence-electron chi connectivity index (χ1n) is 11.8. The highest BCUT2D eigenvalue weighted by atomic mass is 32.2. The first kappa shape index (κ1) is 25.8. The zero-order valence-electron chi connectivity index (χ0n) is 20.3. The van der Waals surface area contributed by atoms with Crippen LogP contribution < -0.4 is 10.1 Å². The second-order valence-corrected chi connectivity index (χ2v) is 10.2. The SMILES string of the molecule is COc1ccc(/C=C2/NC(=S)N(C3CC3)C2=O)cc1CSc1nc(C(F)F)cc(-c2ccccc2)c1C#N. The number of aromatic nitrogens is 1. The smallest absolute Gasteiger partial charge is 0.280 e. The fraction of sp³-hybridized carbons (Fsp3) is 0.214. The lowest BCUT2D eigenvalue weighted by Crippen LogP contribution is -2.32. The number of nitriles is 1. The van der Waals surface area contributed by atoms with Gasteiger partial charge in [0.15, 0.2) is 5.11 Å². The zero-order chi connectivity index (χ0) is 26.8. The molecule has 10 heteroatoms. The third-order valence-corrected chi connectivity index (χ3v) is 7.55. The van der Waals surface area contributed by atoms with Crippen molar-refractivity contribution in [2.45, 2.75) is 36.1 Å². The molecule has 1 N–H and O–H groups in total. The van der Waals surface area contributed by atoms with Gasteiger partial charge in [-0.25, -0.2) is 13.8 Å². The summed E-state index contributed by atoms with van der Waals surface area (Å²) in [5.41, 5.74) is 2.82. The number of methoxy groups -OCH3 is 1. The van der Waals surface area contributed by atoms with Crippen molar-refractivity contribution < 1.29 is 18.3 Å². The van der Waals surface area contributed by atoms with E-state index < -0.39 is 12.1 Å². The summed E-state index contributed by atoms with van der Waals surface area (Å²) in [6, 6.07) is 18.0. The normalized spacial score (nSPS) is 16.2. The van der Waals surface area contributed by atoms with Gasteiger partial charge in [0.05, 0.1) is 12.7 Å². The van der Waals surface area contributed by atoms with E-state index in [1.165, 1.54) is 17.8 Å². The molecule has 2 aliphatic rings. The molecule has 38 heavy (non-hydrogen) atoms. The average molecular weight is 549 g/mol. The van der Waals surface area contributed by atoms with Crippen LogP contribution >= 0.6 is 24.0 Å². The van der Waals surface area contributed by atoms with E-state index in [1.54, 1.807) is 48.4 Å². The van der Waals surface area contributed by atoms with Crippen LogP contribution in [-0.4, -0.2) is 34.1 Å². The molecular weight excluding hydrogens is 526 g/mol. The Labute approximate surface area is 228 Å². The second kappa shape index (κ2) is 10.9. The molecule has 1 aromatic heterocycles. The summed E-state index contributed by atoms with van der Waals surface area (Å²) < 4.78 is 33.0. The average Bonchev–Trinajstić information content (AvgIpc) is 3.72. The van der Waals surface area contributed by atoms with E-state index in [0.29, 0.717) is 33.4 Å². The van der Waals surface area contributed by atoms with E-state index in [0.717, 1.165) is 24.0 Å². The van der Waals surface area contributed by atoms with Crippen molar-refractivity contribution in [1.82, 2.24) is 15.2 Å². The lowest BCUT2D eigenvalue weighted by atomic mass is 10.0. The maximum atomic E-state index is 13.7. The lowest BCUT2D eigenvalue weighted by Gasteiger charge is -2.13. The number of carbonyl (C=O) groups is 1. The van der Waals surface area contributed by atoms with Crippen molar-refractivity contribution >= 4 is 41.1 Å². The fourth-order valence-corrected chi connectivity index (χ4v) is 5.57. The molecule has 5 rings (SSSR count). The number of nitrogens with zero attached hydrogens (tertiary/aromatic N) is 3. The Bertz CT molecular complexity index is 1480. The zero-order valence-corrected chi connectivity index (χ0v) is 21.9. The Kier molecular flexibility index (Phi) is 7.40. The molecule has 1 saturated carbocycles. The summed E-state index contributed by atoms with van der Waals surface area (Å²) in [7, 11) is 1.54. The molecule has 0 spiro atoms. The molecule has 192 valence electrons. The maximum absolute atomic E-state index is 13.7. The Hall–Kier alpha value is -3.81. The van der Waals surface area contributed by atoms with Crippen molar-refractivity contribution in [3.63, 3.8) is 0 Å². The van der Waals surface area contributed by atoms with Gasteiger partial charge in [0.1, 0.15) is 28.2 Å². The van der Waals surface area contributed by atoms with E-state index >= 15 is 0 Å². The number of halogens is 2. The predicted molar refractivity (Wildman–Crippen MR) is 145 cm³/mol. The second-order valence-electron chi connectivity index (χ2n) is 8.81. The summed E-state index contributed by atoms with van der Waals surface area (Å²) in [5.74, 6) is 0.744. The van der Waals surface area contributed by atoms with Gasteiger partial charge in [-0.05, 0) is 60.5 Å². The molecule has 1 aliphatic carbocycles. The molecule has 1 amide bonds. The van der Waals surface area contributed by atoms with Gasteiger partial charge in [0, 0.05) is 22.9 Å². The van der Waals surface area contributed by atoms with Crippen LogP contribution in [0.3, 0.4) is 0 Å². The summed E-state index contributed by atoms with van der Waals surface area (Å²) in [5, 5.41) is 13.6. The molecule has 2 fully saturated rings. The number of benzene rings is 2. The van der Waals surface area contributed by atoms with Crippen LogP contribution in [0.1, 0.15) is 41.7 Å². The Balaban J connectivity index is 1.45. The number of hydrogen-bond acceptors (Lipinski definition) is 6. The number of hydrogen-bond donors (Lipinski definition) is 1. The summed E-state index contributed by atoms with van der Waals surface area (Å²) >= 11 is 6.51. The number of amides is 1. The molecule has 0 radical (unpaired) electrons. The van der Waals surface area contributed by atoms with Crippen LogP contribution in [0.2, 0.25) is 0 Å². The van der Waals surface area contributed by atoms with E-state index in [1.807, 2.05) is 18.2 Å². The number of thioether (sulfide) groups is 1. The predicted octanol–water partition coefficient (Wildman–Crippen LogP) is 6.08. The van der Waals surface area contributed by atoms with Crippen LogP contribution in [0.5, 0.6) is 5.75 Å². The van der Waals surface area contributed by atoms with E-state index in [9.17, 15) is 18.8 Å². The molecule has 2 aromatic carbocycles. The molecule has 6 nitrogen and oxygen atoms in total. The molecular formula is C28H22F2N4O2S2. The standard InChI is InChI=1S/C28H22F2N4O2S2/c1-36-24-10-7-16(12-23-27(35)34(19-8-9-19)28(37)33-23)11-18(24)15-38-26-21(14-31)20(13-22(32-26)25(29)30)17-5-3-2-4-6-17/h2-7,10-13,19,25H,8-9,15H2,1H3,(H,33,37)/b23-12+. The van der Waals surface area contributed by atoms with Gasteiger partial charge in [0.25, 0.3) is 12.3 Å². The van der Waals surface area contributed by atoms with Crippen LogP contribution in [0.4, 0.5) is 8.78 Å². The van der Waals surface area contributed by atoms with E-state index in [2.05, 4.69) is 16.4 Å². The van der Waals surface area contributed by atoms with Crippen LogP contribution in [0.15, 0.2) is 65.3 Å². The molecule has 0 unspecified atom stereocenters. The minimum Gasteiger partial charge on any atom is -0.496 e. The Morgan fingerprint density at radius 3 is 2.68 bits per heavy atom. The summed E-state index contributed by atoms with van der Waals surface area (Å²) in [6.07, 6.45) is 0.839. The van der Waals surface area contributed by atoms with E-state index in [-0.39, 0.29) is 22.5 Å². The Morgan fingerprint density at radius 2 is 2.03 bits per heavy atom. The van der Waals surface area contributed by atoms with Crippen LogP contribution in [-0.2, 0) is 10.5 Å². The van der Waals surface area contributed by atoms with Gasteiger partial charge in [-0.3, -0.25) is 9.69 Å². The third kappa shape index (κ3) is 5.26. The van der Waals surface area contributed by atoms with Crippen molar-refractivity contribution in [1.29, 1.82) is 5.26 Å². The maximum Gasteiger partial charge on any atom is 0.280 e. The topological polar surface area (TPSA) is 78.2 Å². The monoisotopic (exact) mass is 548 g/mol. The summed E-state index contributed by atoms with van der Waals surface area (Å²) in [4.78, 5) is 18.5. The van der Waals surface area contributed by atoms with Gasteiger partial charge < -0.3 is 10.1 Å². The van der Waals surface area contributed by atoms with Gasteiger partial charge in [-0.15, -0.1) is 11.8 Å². The number of thiocarbonyl (C=S) groups is 1. The van der Waals surface area contributed by atoms with Crippen LogP contribution in [0, 0.1) is 11.3 Å². The highest BCUT2D eigenvalue weighted by Crippen LogP contribution is 2.37. The number of carbonyl (C=O) groups excluding carboxylic acids is 1. The molecule has 1 aliphatic heterocycles. The number of pyridine rings is 1. The van der Waals surface area contributed by atoms with Crippen molar-refractivity contribution in [3.05, 3.63) is 82.7 Å². The first-order valence-corrected chi connectivity index (χ1v) is 13.2. The Morgan fingerprint density at radius 1 is 1.26 bits per heavy atom. The minimum atomic E-state index is -2.79. The largest absolute Gasteiger partial charge is 0.496 e. The quantitative estimate of drug-likeness (QED) is 0.208. The number of alkyl halides is 2. The number of rotatable bonds is 8. The fourth-order valence-electron chi connectivity index (χ4n) is 4.24. The summed E-state index contributed by atoms with van der Waals surface area (Å²) in [6.45, 7) is 0. The highest BCUT2D eigenvalue weighted by molar-refractivity contribution is 7.98. The number of ether oxygens (including phenoxy) is 1. The molecule has 1 saturated heterocycles. The van der Waals surface area contributed by atoms with Crippen LogP contribution in [0.25, 0.3) is 17.2 Å². The van der Waals surface area contributed by atoms with Crippen molar-refractivity contribution in [3.8, 4) is 22.9 Å². The van der Waals surface area contributed by atoms with Crippen molar-refractivity contribution in [2.24, 2.45) is 0 Å². The van der Waals surface area contributed by atoms with Gasteiger partial charge in [-0.1, -0.05) is 36.4 Å². The molecule has 0 bridgehead atoms. The molecule has 3 aromatic rings. The van der Waals surface area contributed by atoms with Gasteiger partial charge in [-0.2, -0.15) is 5.26 Å². The van der Waals surface area contributed by atoms with E-state index in [4.69, 9.17) is 17.0 Å². The number of nitrogens with one attached hydrogen (secondary N) is 1. The third-order valence-electron chi connectivity index (χ3n) is 6.23. The van der Waals surface area contributed by atoms with Gasteiger partial charge >= 0.3 is 0 Å². The lowest BCUT2D eigenvalue weighted by molar-refractivity contribution is -0.122.